The molecule has 6 heteroatoms. The van der Waals surface area contributed by atoms with Crippen molar-refractivity contribution in [3.05, 3.63) is 71.8 Å². The van der Waals surface area contributed by atoms with Gasteiger partial charge in [-0.2, -0.15) is 0 Å². The molecule has 0 aliphatic rings. The summed E-state index contributed by atoms with van der Waals surface area (Å²) in [4.78, 5) is 8.79. The number of rotatable bonds is 7. The zero-order valence-electron chi connectivity index (χ0n) is 14.8. The topological polar surface area (TPSA) is 59.1 Å². The number of para-hydroxylation sites is 2. The van der Waals surface area contributed by atoms with Gasteiger partial charge in [-0.25, -0.2) is 14.4 Å². The van der Waals surface area contributed by atoms with E-state index in [9.17, 15) is 4.39 Å². The predicted octanol–water partition coefficient (Wildman–Crippen LogP) is 4.33. The smallest absolute Gasteiger partial charge is 0.142 e. The van der Waals surface area contributed by atoms with Crippen LogP contribution >= 0.6 is 0 Å². The van der Waals surface area contributed by atoms with Gasteiger partial charge in [-0.3, -0.25) is 0 Å². The van der Waals surface area contributed by atoms with Crippen LogP contribution in [0, 0.1) is 12.7 Å². The molecule has 0 spiro atoms. The maximum Gasteiger partial charge on any atom is 0.142 e. The number of aromatic nitrogens is 2. The number of benzene rings is 2. The number of nitrogens with zero attached hydrogens (tertiary/aromatic N) is 2. The minimum absolute atomic E-state index is 0.188. The van der Waals surface area contributed by atoms with Crippen LogP contribution in [-0.2, 0) is 6.42 Å². The summed E-state index contributed by atoms with van der Waals surface area (Å²) in [5.74, 6) is 2.53. The second-order valence-electron chi connectivity index (χ2n) is 5.78. The molecule has 5 nitrogen and oxygen atoms in total. The number of ether oxygens (including phenoxy) is 1. The molecule has 0 aliphatic carbocycles. The van der Waals surface area contributed by atoms with Crippen molar-refractivity contribution in [1.82, 2.24) is 9.97 Å². The fourth-order valence-corrected chi connectivity index (χ4v) is 2.63. The number of methoxy groups -OCH3 is 1. The van der Waals surface area contributed by atoms with Crippen molar-refractivity contribution in [3.8, 4) is 5.75 Å². The van der Waals surface area contributed by atoms with Gasteiger partial charge in [-0.05, 0) is 37.1 Å². The van der Waals surface area contributed by atoms with E-state index < -0.39 is 0 Å². The third-order valence-corrected chi connectivity index (χ3v) is 3.87. The molecule has 134 valence electrons. The van der Waals surface area contributed by atoms with Crippen LogP contribution in [0.5, 0.6) is 5.75 Å². The average Bonchev–Trinajstić information content (AvgIpc) is 2.63. The molecule has 0 amide bonds. The predicted molar refractivity (Wildman–Crippen MR) is 102 cm³/mol. The second-order valence-corrected chi connectivity index (χ2v) is 5.78. The molecular weight excluding hydrogens is 331 g/mol. The number of hydrogen-bond acceptors (Lipinski definition) is 5. The fourth-order valence-electron chi connectivity index (χ4n) is 2.63. The molecule has 0 unspecified atom stereocenters. The van der Waals surface area contributed by atoms with Crippen LogP contribution in [0.2, 0.25) is 0 Å². The highest BCUT2D eigenvalue weighted by molar-refractivity contribution is 5.65. The minimum Gasteiger partial charge on any atom is -0.495 e. The van der Waals surface area contributed by atoms with Crippen LogP contribution in [0.4, 0.5) is 21.7 Å². The van der Waals surface area contributed by atoms with Gasteiger partial charge in [0.25, 0.3) is 0 Å². The molecule has 0 radical (unpaired) electrons. The molecule has 0 bridgehead atoms. The SMILES string of the molecule is COc1ccccc1Nc1cc(NCCc2ccccc2F)nc(C)n1. The Labute approximate surface area is 152 Å². The summed E-state index contributed by atoms with van der Waals surface area (Å²) >= 11 is 0. The Morgan fingerprint density at radius 2 is 1.73 bits per heavy atom. The Morgan fingerprint density at radius 3 is 2.54 bits per heavy atom. The van der Waals surface area contributed by atoms with Crippen molar-refractivity contribution in [2.45, 2.75) is 13.3 Å². The lowest BCUT2D eigenvalue weighted by atomic mass is 10.1. The van der Waals surface area contributed by atoms with Crippen molar-refractivity contribution in [1.29, 1.82) is 0 Å². The van der Waals surface area contributed by atoms with E-state index in [-0.39, 0.29) is 5.82 Å². The average molecular weight is 352 g/mol. The minimum atomic E-state index is -0.188. The fraction of sp³-hybridized carbons (Fsp3) is 0.200. The number of hydrogen-bond donors (Lipinski definition) is 2. The van der Waals surface area contributed by atoms with Crippen LogP contribution in [0.25, 0.3) is 0 Å². The van der Waals surface area contributed by atoms with Crippen molar-refractivity contribution < 1.29 is 9.13 Å². The first-order chi connectivity index (χ1) is 12.7. The van der Waals surface area contributed by atoms with Gasteiger partial charge in [0.1, 0.15) is 29.0 Å². The quantitative estimate of drug-likeness (QED) is 0.663. The molecule has 0 fully saturated rings. The largest absolute Gasteiger partial charge is 0.495 e. The number of nitrogens with one attached hydrogen (secondary N) is 2. The first-order valence-electron chi connectivity index (χ1n) is 8.38. The van der Waals surface area contributed by atoms with E-state index in [0.717, 1.165) is 11.4 Å². The standard InChI is InChI=1S/C20H21FN4O/c1-14-23-19(22-12-11-15-7-3-4-8-16(15)21)13-20(24-14)25-17-9-5-6-10-18(17)26-2/h3-10,13H,11-12H2,1-2H3,(H2,22,23,24,25). The van der Waals surface area contributed by atoms with Gasteiger partial charge in [0.05, 0.1) is 12.8 Å². The molecular formula is C20H21FN4O. The summed E-state index contributed by atoms with van der Waals surface area (Å²) in [6, 6.07) is 16.2. The van der Waals surface area contributed by atoms with Crippen molar-refractivity contribution in [2.75, 3.05) is 24.3 Å². The van der Waals surface area contributed by atoms with E-state index in [1.807, 2.05) is 43.3 Å². The highest BCUT2D eigenvalue weighted by atomic mass is 19.1. The van der Waals surface area contributed by atoms with E-state index in [4.69, 9.17) is 4.74 Å². The third-order valence-electron chi connectivity index (χ3n) is 3.87. The molecule has 1 aromatic heterocycles. The summed E-state index contributed by atoms with van der Waals surface area (Å²) in [5, 5.41) is 6.47. The summed E-state index contributed by atoms with van der Waals surface area (Å²) in [5.41, 5.74) is 1.50. The maximum absolute atomic E-state index is 13.7. The van der Waals surface area contributed by atoms with Crippen LogP contribution in [0.3, 0.4) is 0 Å². The molecule has 0 atom stereocenters. The maximum atomic E-state index is 13.7. The second kappa shape index (κ2) is 8.29. The van der Waals surface area contributed by atoms with E-state index in [1.165, 1.54) is 6.07 Å². The lowest BCUT2D eigenvalue weighted by Crippen LogP contribution is -2.09. The first-order valence-corrected chi connectivity index (χ1v) is 8.38. The van der Waals surface area contributed by atoms with Gasteiger partial charge in [0.15, 0.2) is 0 Å². The molecule has 0 saturated heterocycles. The number of anilines is 3. The van der Waals surface area contributed by atoms with Crippen LogP contribution in [0.1, 0.15) is 11.4 Å². The summed E-state index contributed by atoms with van der Waals surface area (Å²) < 4.78 is 19.0. The van der Waals surface area contributed by atoms with Crippen LogP contribution in [-0.4, -0.2) is 23.6 Å². The lowest BCUT2D eigenvalue weighted by molar-refractivity contribution is 0.417. The molecule has 0 saturated carbocycles. The Bertz CT molecular complexity index is 885. The van der Waals surface area contributed by atoms with Gasteiger partial charge < -0.3 is 15.4 Å². The van der Waals surface area contributed by atoms with Crippen LogP contribution < -0.4 is 15.4 Å². The summed E-state index contributed by atoms with van der Waals surface area (Å²) in [6.07, 6.45) is 0.574. The molecule has 2 aromatic carbocycles. The molecule has 1 heterocycles. The lowest BCUT2D eigenvalue weighted by Gasteiger charge is -2.12. The van der Waals surface area contributed by atoms with Crippen molar-refractivity contribution in [2.24, 2.45) is 0 Å². The van der Waals surface area contributed by atoms with Gasteiger partial charge in [-0.15, -0.1) is 0 Å². The molecule has 0 aliphatic heterocycles. The Kier molecular flexibility index (Phi) is 5.63. The van der Waals surface area contributed by atoms with Crippen molar-refractivity contribution in [3.63, 3.8) is 0 Å². The number of halogens is 1. The Balaban J connectivity index is 1.68. The normalized spacial score (nSPS) is 10.4. The molecule has 3 rings (SSSR count). The zero-order valence-corrected chi connectivity index (χ0v) is 14.8. The Morgan fingerprint density at radius 1 is 1.00 bits per heavy atom. The van der Waals surface area contributed by atoms with Gasteiger partial charge >= 0.3 is 0 Å². The van der Waals surface area contributed by atoms with Gasteiger partial charge in [0, 0.05) is 12.6 Å². The highest BCUT2D eigenvalue weighted by Gasteiger charge is 2.06. The molecule has 3 aromatic rings. The Hall–Kier alpha value is -3.15. The molecule has 26 heavy (non-hydrogen) atoms. The summed E-state index contributed by atoms with van der Waals surface area (Å²) in [7, 11) is 1.63. The third kappa shape index (κ3) is 4.47. The summed E-state index contributed by atoms with van der Waals surface area (Å²) in [6.45, 7) is 2.40. The van der Waals surface area contributed by atoms with E-state index in [1.54, 1.807) is 19.2 Å². The van der Waals surface area contributed by atoms with Gasteiger partial charge in [0.2, 0.25) is 0 Å². The van der Waals surface area contributed by atoms with E-state index >= 15 is 0 Å². The van der Waals surface area contributed by atoms with Gasteiger partial charge in [-0.1, -0.05) is 30.3 Å². The zero-order chi connectivity index (χ0) is 18.4. The first kappa shape index (κ1) is 17.7. The monoisotopic (exact) mass is 352 g/mol. The highest BCUT2D eigenvalue weighted by Crippen LogP contribution is 2.26. The molecule has 2 N–H and O–H groups in total. The van der Waals surface area contributed by atoms with E-state index in [2.05, 4.69) is 20.6 Å². The van der Waals surface area contributed by atoms with Crippen molar-refractivity contribution >= 4 is 17.3 Å². The van der Waals surface area contributed by atoms with E-state index in [0.29, 0.717) is 36.0 Å². The number of aryl methyl sites for hydroxylation is 1. The van der Waals surface area contributed by atoms with Crippen LogP contribution in [0.15, 0.2) is 54.6 Å².